The lowest BCUT2D eigenvalue weighted by molar-refractivity contribution is 0.0152. The van der Waals surface area contributed by atoms with E-state index in [2.05, 4.69) is 38.1 Å². The van der Waals surface area contributed by atoms with E-state index in [0.717, 1.165) is 37.1 Å². The summed E-state index contributed by atoms with van der Waals surface area (Å²) in [6.07, 6.45) is 0. The highest BCUT2D eigenvalue weighted by Crippen LogP contribution is 2.32. The van der Waals surface area contributed by atoms with Crippen LogP contribution in [-0.2, 0) is 6.54 Å². The summed E-state index contributed by atoms with van der Waals surface area (Å²) in [5.74, 6) is 2.58. The largest absolute Gasteiger partial charge is 0.454 e. The lowest BCUT2D eigenvalue weighted by Crippen LogP contribution is -2.63. The summed E-state index contributed by atoms with van der Waals surface area (Å²) in [4.78, 5) is 11.7. The van der Waals surface area contributed by atoms with Crippen molar-refractivity contribution in [3.8, 4) is 11.5 Å². The Morgan fingerprint density at radius 1 is 1.24 bits per heavy atom. The van der Waals surface area contributed by atoms with E-state index >= 15 is 0 Å². The third-order valence-electron chi connectivity index (χ3n) is 5.32. The fourth-order valence-electron chi connectivity index (χ4n) is 3.90. The van der Waals surface area contributed by atoms with Gasteiger partial charge in [0.05, 0.1) is 0 Å². The Kier molecular flexibility index (Phi) is 4.67. The van der Waals surface area contributed by atoms with Crippen LogP contribution in [0.4, 0.5) is 0 Å². The molecule has 136 valence electrons. The summed E-state index contributed by atoms with van der Waals surface area (Å²) in [6.45, 7) is 8.01. The second kappa shape index (κ2) is 7.09. The van der Waals surface area contributed by atoms with E-state index in [1.165, 1.54) is 31.7 Å². The fourth-order valence-corrected chi connectivity index (χ4v) is 3.90. The number of guanidine groups is 1. The molecule has 0 spiro atoms. The van der Waals surface area contributed by atoms with E-state index < -0.39 is 0 Å². The van der Waals surface area contributed by atoms with Crippen LogP contribution < -0.4 is 14.8 Å². The molecule has 5 rings (SSSR count). The molecular weight excluding hydrogens is 318 g/mol. The number of hydrogen-bond acceptors (Lipinski definition) is 5. The van der Waals surface area contributed by atoms with Gasteiger partial charge in [-0.2, -0.15) is 0 Å². The Morgan fingerprint density at radius 2 is 2.04 bits per heavy atom. The number of nitrogens with one attached hydrogen (secondary N) is 1. The van der Waals surface area contributed by atoms with Gasteiger partial charge in [0.1, 0.15) is 0 Å². The number of nitrogens with zero attached hydrogens (tertiary/aromatic N) is 4. The predicted octanol–water partition coefficient (Wildman–Crippen LogP) is 0.422. The molecule has 0 saturated carbocycles. The average Bonchev–Trinajstić information content (AvgIpc) is 3.11. The van der Waals surface area contributed by atoms with Crippen molar-refractivity contribution in [1.29, 1.82) is 0 Å². The lowest BCUT2D eigenvalue weighted by Gasteiger charge is -2.47. The standard InChI is InChI=1S/C18H27N5O2/c1-19-18(20-10-15-12-22-5-7-23(15)8-6-22)21(2)11-14-3-4-16-17(9-14)25-13-24-16/h3-4,9,15H,5-8,10-13H2,1-2H3,(H,19,20). The van der Waals surface area contributed by atoms with Crippen LogP contribution in [0.25, 0.3) is 0 Å². The quantitative estimate of drug-likeness (QED) is 0.631. The summed E-state index contributed by atoms with van der Waals surface area (Å²) in [5.41, 5.74) is 1.18. The first-order valence-corrected chi connectivity index (χ1v) is 8.99. The van der Waals surface area contributed by atoms with E-state index in [-0.39, 0.29) is 0 Å². The fraction of sp³-hybridized carbons (Fsp3) is 0.611. The van der Waals surface area contributed by atoms with E-state index in [1.807, 2.05) is 19.2 Å². The maximum absolute atomic E-state index is 5.47. The van der Waals surface area contributed by atoms with E-state index in [4.69, 9.17) is 9.47 Å². The molecule has 3 fully saturated rings. The molecule has 0 amide bonds. The molecular formula is C18H27N5O2. The topological polar surface area (TPSA) is 52.6 Å². The maximum Gasteiger partial charge on any atom is 0.231 e. The number of hydrogen-bond donors (Lipinski definition) is 1. The van der Waals surface area contributed by atoms with Crippen LogP contribution in [0.3, 0.4) is 0 Å². The first kappa shape index (κ1) is 16.5. The minimum atomic E-state index is 0.312. The van der Waals surface area contributed by atoms with Crippen LogP contribution in [0, 0.1) is 0 Å². The van der Waals surface area contributed by atoms with E-state index in [0.29, 0.717) is 12.8 Å². The summed E-state index contributed by atoms with van der Waals surface area (Å²) >= 11 is 0. The molecule has 1 atom stereocenters. The molecule has 2 bridgehead atoms. The van der Waals surface area contributed by atoms with Crippen LogP contribution in [-0.4, -0.2) is 86.9 Å². The average molecular weight is 345 g/mol. The molecule has 25 heavy (non-hydrogen) atoms. The second-order valence-electron chi connectivity index (χ2n) is 6.96. The molecule has 0 aliphatic carbocycles. The lowest BCUT2D eigenvalue weighted by atomic mass is 10.1. The monoisotopic (exact) mass is 345 g/mol. The van der Waals surface area contributed by atoms with Crippen molar-refractivity contribution in [3.63, 3.8) is 0 Å². The molecule has 7 heteroatoms. The molecule has 4 aliphatic heterocycles. The van der Waals surface area contributed by atoms with Crippen molar-refractivity contribution in [2.75, 3.05) is 60.2 Å². The minimum Gasteiger partial charge on any atom is -0.454 e. The highest BCUT2D eigenvalue weighted by Gasteiger charge is 2.31. The summed E-state index contributed by atoms with van der Waals surface area (Å²) < 4.78 is 10.8. The molecule has 1 aromatic carbocycles. The maximum atomic E-state index is 5.47. The van der Waals surface area contributed by atoms with Gasteiger partial charge >= 0.3 is 0 Å². The van der Waals surface area contributed by atoms with Crippen molar-refractivity contribution < 1.29 is 9.47 Å². The smallest absolute Gasteiger partial charge is 0.231 e. The van der Waals surface area contributed by atoms with Gasteiger partial charge in [-0.05, 0) is 17.7 Å². The van der Waals surface area contributed by atoms with Crippen LogP contribution in [0.1, 0.15) is 5.56 Å². The molecule has 3 saturated heterocycles. The Labute approximate surface area is 149 Å². The Hall–Kier alpha value is -1.99. The van der Waals surface area contributed by atoms with Crippen molar-refractivity contribution in [3.05, 3.63) is 23.8 Å². The van der Waals surface area contributed by atoms with Gasteiger partial charge in [-0.3, -0.25) is 14.8 Å². The number of rotatable bonds is 4. The Morgan fingerprint density at radius 3 is 2.76 bits per heavy atom. The van der Waals surface area contributed by atoms with Gasteiger partial charge in [-0.25, -0.2) is 0 Å². The summed E-state index contributed by atoms with van der Waals surface area (Å²) in [7, 11) is 3.91. The molecule has 4 aliphatic rings. The van der Waals surface area contributed by atoms with Gasteiger partial charge in [0.2, 0.25) is 6.79 Å². The first-order valence-electron chi connectivity index (χ1n) is 8.99. The van der Waals surface area contributed by atoms with Crippen LogP contribution in [0.5, 0.6) is 11.5 Å². The van der Waals surface area contributed by atoms with Gasteiger partial charge in [-0.15, -0.1) is 0 Å². The Balaban J connectivity index is 1.33. The molecule has 0 aromatic heterocycles. The molecule has 0 radical (unpaired) electrons. The highest BCUT2D eigenvalue weighted by molar-refractivity contribution is 5.79. The van der Waals surface area contributed by atoms with Crippen molar-refractivity contribution >= 4 is 5.96 Å². The normalized spacial score (nSPS) is 27.4. The number of benzene rings is 1. The van der Waals surface area contributed by atoms with E-state index in [9.17, 15) is 0 Å². The van der Waals surface area contributed by atoms with Crippen molar-refractivity contribution in [2.45, 2.75) is 12.6 Å². The molecule has 1 aromatic rings. The number of fused-ring (bicyclic) bond motifs is 4. The second-order valence-corrected chi connectivity index (χ2v) is 6.96. The number of aliphatic imine (C=N–C) groups is 1. The first-order chi connectivity index (χ1) is 12.2. The third kappa shape index (κ3) is 3.52. The van der Waals surface area contributed by atoms with Gasteiger partial charge in [-0.1, -0.05) is 6.07 Å². The zero-order chi connectivity index (χ0) is 17.2. The minimum absolute atomic E-state index is 0.312. The van der Waals surface area contributed by atoms with Gasteiger partial charge in [0.15, 0.2) is 17.5 Å². The summed E-state index contributed by atoms with van der Waals surface area (Å²) in [6, 6.07) is 6.68. The molecule has 7 nitrogen and oxygen atoms in total. The van der Waals surface area contributed by atoms with Crippen molar-refractivity contribution in [1.82, 2.24) is 20.0 Å². The van der Waals surface area contributed by atoms with Crippen LogP contribution in [0.15, 0.2) is 23.2 Å². The molecule has 1 unspecified atom stereocenters. The van der Waals surface area contributed by atoms with Crippen LogP contribution >= 0.6 is 0 Å². The van der Waals surface area contributed by atoms with Gasteiger partial charge in [0.25, 0.3) is 0 Å². The zero-order valence-corrected chi connectivity index (χ0v) is 15.1. The zero-order valence-electron chi connectivity index (χ0n) is 15.1. The SMILES string of the molecule is CN=C(NCC1CN2CCN1CC2)N(C)Cc1ccc2c(c1)OCO2. The van der Waals surface area contributed by atoms with Crippen molar-refractivity contribution in [2.24, 2.45) is 4.99 Å². The number of ether oxygens (including phenoxy) is 2. The predicted molar refractivity (Wildman–Crippen MR) is 97.2 cm³/mol. The van der Waals surface area contributed by atoms with E-state index in [1.54, 1.807) is 0 Å². The number of piperazine rings is 3. The third-order valence-corrected chi connectivity index (χ3v) is 5.32. The van der Waals surface area contributed by atoms with Gasteiger partial charge in [0, 0.05) is 66.0 Å². The highest BCUT2D eigenvalue weighted by atomic mass is 16.7. The van der Waals surface area contributed by atoms with Gasteiger partial charge < -0.3 is 19.7 Å². The Bertz CT molecular complexity index is 642. The molecule has 1 N–H and O–H groups in total. The molecule has 4 heterocycles. The summed E-state index contributed by atoms with van der Waals surface area (Å²) in [5, 5.41) is 3.55. The van der Waals surface area contributed by atoms with Crippen LogP contribution in [0.2, 0.25) is 0 Å².